The molecule has 2 heterocycles. The van der Waals surface area contributed by atoms with Gasteiger partial charge in [-0.3, -0.25) is 19.7 Å². The summed E-state index contributed by atoms with van der Waals surface area (Å²) in [5, 5.41) is 22.1. The predicted molar refractivity (Wildman–Crippen MR) is 114 cm³/mol. The number of rotatable bonds is 5. The second-order valence-electron chi connectivity index (χ2n) is 6.87. The number of ketones is 1. The minimum atomic E-state index is -0.891. The first-order chi connectivity index (χ1) is 14.9. The van der Waals surface area contributed by atoms with Gasteiger partial charge in [-0.05, 0) is 29.8 Å². The van der Waals surface area contributed by atoms with Crippen molar-refractivity contribution in [2.45, 2.75) is 12.6 Å². The van der Waals surface area contributed by atoms with Crippen molar-refractivity contribution < 1.29 is 24.0 Å². The zero-order valence-corrected chi connectivity index (χ0v) is 17.5. The summed E-state index contributed by atoms with van der Waals surface area (Å²) in [6.07, 6.45) is 1.46. The van der Waals surface area contributed by atoms with Crippen LogP contribution in [0.3, 0.4) is 0 Å². The zero-order valence-electron chi connectivity index (χ0n) is 15.9. The summed E-state index contributed by atoms with van der Waals surface area (Å²) in [6.45, 7) is 0.0179. The second kappa shape index (κ2) is 8.19. The molecule has 8 nitrogen and oxygen atoms in total. The largest absolute Gasteiger partial charge is 0.507 e. The number of halogens is 1. The lowest BCUT2D eigenvalue weighted by molar-refractivity contribution is -0.384. The van der Waals surface area contributed by atoms with E-state index in [9.17, 15) is 24.8 Å². The molecule has 1 aromatic heterocycles. The minimum absolute atomic E-state index is 0.0179. The van der Waals surface area contributed by atoms with Crippen molar-refractivity contribution in [3.8, 4) is 0 Å². The molecule has 0 radical (unpaired) electrons. The molecule has 0 aliphatic carbocycles. The average Bonchev–Trinajstić information content (AvgIpc) is 3.36. The number of hydrogen-bond acceptors (Lipinski definition) is 6. The maximum atomic E-state index is 12.9. The Morgan fingerprint density at radius 1 is 1.13 bits per heavy atom. The molecule has 1 fully saturated rings. The van der Waals surface area contributed by atoms with Crippen LogP contribution in [0.4, 0.5) is 5.69 Å². The number of nitro benzene ring substituents is 1. The number of benzene rings is 2. The molecule has 2 aromatic carbocycles. The highest BCUT2D eigenvalue weighted by Crippen LogP contribution is 2.40. The summed E-state index contributed by atoms with van der Waals surface area (Å²) in [4.78, 5) is 37.7. The van der Waals surface area contributed by atoms with Crippen molar-refractivity contribution in [3.63, 3.8) is 0 Å². The first-order valence-corrected chi connectivity index (χ1v) is 9.97. The van der Waals surface area contributed by atoms with Gasteiger partial charge in [0.05, 0.1) is 29.3 Å². The molecule has 31 heavy (non-hydrogen) atoms. The lowest BCUT2D eigenvalue weighted by atomic mass is 9.95. The van der Waals surface area contributed by atoms with Gasteiger partial charge in [0.1, 0.15) is 11.5 Å². The Balaban J connectivity index is 1.87. The van der Waals surface area contributed by atoms with Crippen molar-refractivity contribution in [2.75, 3.05) is 0 Å². The molecule has 1 amide bonds. The van der Waals surface area contributed by atoms with E-state index in [1.165, 1.54) is 29.4 Å². The number of carbonyl (C=O) groups excluding carboxylic acids is 2. The Bertz CT molecular complexity index is 1200. The van der Waals surface area contributed by atoms with Gasteiger partial charge < -0.3 is 14.4 Å². The fraction of sp³-hybridized carbons (Fsp3) is 0.0909. The van der Waals surface area contributed by atoms with Gasteiger partial charge in [-0.2, -0.15) is 0 Å². The van der Waals surface area contributed by atoms with Gasteiger partial charge in [0, 0.05) is 22.2 Å². The molecular weight excluding hydrogens is 468 g/mol. The number of Topliss-reactive ketones (excluding diaryl/α,β-unsaturated/α-hetero) is 1. The van der Waals surface area contributed by atoms with Crippen LogP contribution in [0.5, 0.6) is 0 Å². The van der Waals surface area contributed by atoms with Crippen molar-refractivity contribution >= 4 is 39.1 Å². The van der Waals surface area contributed by atoms with Gasteiger partial charge in [-0.1, -0.05) is 40.2 Å². The quantitative estimate of drug-likeness (QED) is 0.187. The van der Waals surface area contributed by atoms with Gasteiger partial charge in [0.25, 0.3) is 17.4 Å². The molecule has 156 valence electrons. The number of aliphatic hydroxyl groups is 1. The van der Waals surface area contributed by atoms with E-state index in [1.807, 2.05) is 0 Å². The highest BCUT2D eigenvalue weighted by Gasteiger charge is 2.46. The molecule has 0 unspecified atom stereocenters. The molecule has 3 aromatic rings. The van der Waals surface area contributed by atoms with Crippen LogP contribution in [0.1, 0.15) is 22.9 Å². The molecule has 0 saturated carbocycles. The number of furan rings is 1. The second-order valence-corrected chi connectivity index (χ2v) is 7.78. The van der Waals surface area contributed by atoms with Crippen molar-refractivity contribution in [3.05, 3.63) is 104 Å². The normalized spacial score (nSPS) is 17.8. The molecule has 9 heteroatoms. The number of amides is 1. The highest BCUT2D eigenvalue weighted by atomic mass is 79.9. The molecule has 4 rings (SSSR count). The van der Waals surface area contributed by atoms with Crippen LogP contribution in [-0.2, 0) is 16.1 Å². The third kappa shape index (κ3) is 3.87. The van der Waals surface area contributed by atoms with Gasteiger partial charge in [-0.25, -0.2) is 0 Å². The fourth-order valence-corrected chi connectivity index (χ4v) is 3.79. The number of nitrogens with zero attached hydrogens (tertiary/aromatic N) is 2. The van der Waals surface area contributed by atoms with Crippen molar-refractivity contribution in [2.24, 2.45) is 0 Å². The van der Waals surface area contributed by atoms with E-state index in [0.717, 1.165) is 10.5 Å². The Morgan fingerprint density at radius 2 is 1.87 bits per heavy atom. The van der Waals surface area contributed by atoms with Crippen LogP contribution in [0.2, 0.25) is 0 Å². The van der Waals surface area contributed by atoms with E-state index in [1.54, 1.807) is 36.4 Å². The molecule has 1 saturated heterocycles. The minimum Gasteiger partial charge on any atom is -0.507 e. The van der Waals surface area contributed by atoms with E-state index in [4.69, 9.17) is 4.42 Å². The number of non-ortho nitro benzene ring substituents is 1. The number of carbonyl (C=O) groups is 2. The van der Waals surface area contributed by atoms with Crippen LogP contribution >= 0.6 is 15.9 Å². The lowest BCUT2D eigenvalue weighted by Crippen LogP contribution is -2.29. The maximum absolute atomic E-state index is 12.9. The monoisotopic (exact) mass is 482 g/mol. The SMILES string of the molecule is O=C1C(=O)N(Cc2ccco2)[C@@H](c2ccc(Br)cc2)C1=C(O)c1cccc([N+](=O)[O-])c1. The van der Waals surface area contributed by atoms with Gasteiger partial charge in [-0.15, -0.1) is 0 Å². The van der Waals surface area contributed by atoms with Gasteiger partial charge in [0.15, 0.2) is 0 Å². The molecule has 0 bridgehead atoms. The number of likely N-dealkylation sites (tertiary alicyclic amines) is 1. The third-order valence-corrected chi connectivity index (χ3v) is 5.49. The molecular formula is C22H15BrN2O6. The third-order valence-electron chi connectivity index (χ3n) is 4.96. The van der Waals surface area contributed by atoms with E-state index < -0.39 is 28.4 Å². The topological polar surface area (TPSA) is 114 Å². The number of aliphatic hydroxyl groups excluding tert-OH is 1. The van der Waals surface area contributed by atoms with Gasteiger partial charge in [0.2, 0.25) is 0 Å². The standard InChI is InChI=1S/C22H15BrN2O6/c23-15-8-6-13(7-9-15)19-18(20(26)14-3-1-4-16(11-14)25(29)30)21(27)22(28)24(19)12-17-5-2-10-31-17/h1-11,19,26H,12H2/t19-/m0/s1. The summed E-state index contributed by atoms with van der Waals surface area (Å²) < 4.78 is 6.14. The summed E-state index contributed by atoms with van der Waals surface area (Å²) in [6, 6.07) is 14.7. The fourth-order valence-electron chi connectivity index (χ4n) is 3.53. The van der Waals surface area contributed by atoms with E-state index >= 15 is 0 Å². The molecule has 1 aliphatic rings. The predicted octanol–water partition coefficient (Wildman–Crippen LogP) is 4.57. The molecule has 1 aliphatic heterocycles. The van der Waals surface area contributed by atoms with Crippen LogP contribution in [0.25, 0.3) is 5.76 Å². The lowest BCUT2D eigenvalue weighted by Gasteiger charge is -2.24. The van der Waals surface area contributed by atoms with Crippen LogP contribution in [-0.4, -0.2) is 26.6 Å². The first kappa shape index (κ1) is 20.5. The number of hydrogen-bond donors (Lipinski definition) is 1. The number of nitro groups is 1. The van der Waals surface area contributed by atoms with Crippen molar-refractivity contribution in [1.29, 1.82) is 0 Å². The Labute approximate surface area is 184 Å². The first-order valence-electron chi connectivity index (χ1n) is 9.18. The highest BCUT2D eigenvalue weighted by molar-refractivity contribution is 9.10. The molecule has 1 atom stereocenters. The average molecular weight is 483 g/mol. The van der Waals surface area contributed by atoms with E-state index in [2.05, 4.69) is 15.9 Å². The maximum Gasteiger partial charge on any atom is 0.296 e. The summed E-state index contributed by atoms with van der Waals surface area (Å²) >= 11 is 3.36. The van der Waals surface area contributed by atoms with Gasteiger partial charge >= 0.3 is 0 Å². The van der Waals surface area contributed by atoms with Crippen molar-refractivity contribution in [1.82, 2.24) is 4.90 Å². The summed E-state index contributed by atoms with van der Waals surface area (Å²) in [5.74, 6) is -1.67. The molecule has 1 N–H and O–H groups in total. The van der Waals surface area contributed by atoms with Crippen LogP contribution in [0.15, 0.2) is 81.4 Å². The Kier molecular flexibility index (Phi) is 5.43. The van der Waals surface area contributed by atoms with E-state index in [-0.39, 0.29) is 23.4 Å². The smallest absolute Gasteiger partial charge is 0.296 e. The Hall–Kier alpha value is -3.72. The van der Waals surface area contributed by atoms with Crippen LogP contribution < -0.4 is 0 Å². The molecule has 0 spiro atoms. The van der Waals surface area contributed by atoms with Crippen LogP contribution in [0, 0.1) is 10.1 Å². The summed E-state index contributed by atoms with van der Waals surface area (Å²) in [5.41, 5.74) is 0.293. The summed E-state index contributed by atoms with van der Waals surface area (Å²) in [7, 11) is 0. The Morgan fingerprint density at radius 3 is 2.52 bits per heavy atom. The van der Waals surface area contributed by atoms with E-state index in [0.29, 0.717) is 11.3 Å². The zero-order chi connectivity index (χ0) is 22.1.